The Labute approximate surface area is 148 Å². The van der Waals surface area contributed by atoms with Crippen molar-refractivity contribution in [2.75, 3.05) is 23.7 Å². The maximum Gasteiger partial charge on any atom is 0.393 e. The van der Waals surface area contributed by atoms with Crippen LogP contribution in [0.25, 0.3) is 0 Å². The Bertz CT molecular complexity index is 685. The molecule has 1 saturated heterocycles. The number of anilines is 2. The highest BCUT2D eigenvalue weighted by atomic mass is 19.4. The van der Waals surface area contributed by atoms with Gasteiger partial charge < -0.3 is 15.5 Å². The molecule has 0 aromatic heterocycles. The summed E-state index contributed by atoms with van der Waals surface area (Å²) >= 11 is 0. The third kappa shape index (κ3) is 5.21. The summed E-state index contributed by atoms with van der Waals surface area (Å²) in [5.41, 5.74) is 0.649. The summed E-state index contributed by atoms with van der Waals surface area (Å²) in [7, 11) is 0. The van der Waals surface area contributed by atoms with Crippen LogP contribution in [0, 0.1) is 5.92 Å². The highest BCUT2D eigenvalue weighted by Crippen LogP contribution is 2.33. The number of hydrogen-bond acceptors (Lipinski definition) is 3. The van der Waals surface area contributed by atoms with Crippen molar-refractivity contribution in [1.82, 2.24) is 4.90 Å². The van der Waals surface area contributed by atoms with Crippen LogP contribution in [0.15, 0.2) is 18.2 Å². The smallest absolute Gasteiger partial charge is 0.338 e. The van der Waals surface area contributed by atoms with Gasteiger partial charge in [-0.05, 0) is 31.0 Å². The molecule has 1 atom stereocenters. The van der Waals surface area contributed by atoms with Crippen molar-refractivity contribution in [2.24, 2.45) is 5.92 Å². The molecule has 6 nitrogen and oxygen atoms in total. The van der Waals surface area contributed by atoms with Crippen molar-refractivity contribution >= 4 is 29.1 Å². The molecule has 142 valence electrons. The number of amides is 3. The predicted octanol–water partition coefficient (Wildman–Crippen LogP) is 3.02. The lowest BCUT2D eigenvalue weighted by Crippen LogP contribution is -2.44. The van der Waals surface area contributed by atoms with Gasteiger partial charge in [0.05, 0.1) is 5.92 Å². The minimum Gasteiger partial charge on any atom is -0.338 e. The molecule has 0 aliphatic carbocycles. The average molecular weight is 371 g/mol. The molecule has 9 heteroatoms. The topological polar surface area (TPSA) is 78.5 Å². The number of piperidine rings is 1. The Balaban J connectivity index is 2.28. The predicted molar refractivity (Wildman–Crippen MR) is 89.7 cm³/mol. The van der Waals surface area contributed by atoms with E-state index < -0.39 is 24.5 Å². The van der Waals surface area contributed by atoms with Crippen LogP contribution < -0.4 is 10.6 Å². The van der Waals surface area contributed by atoms with Gasteiger partial charge in [-0.2, -0.15) is 13.2 Å². The van der Waals surface area contributed by atoms with E-state index in [0.29, 0.717) is 0 Å². The molecule has 1 aliphatic rings. The van der Waals surface area contributed by atoms with Gasteiger partial charge in [0.15, 0.2) is 0 Å². The lowest BCUT2D eigenvalue weighted by atomic mass is 9.96. The first-order valence-corrected chi connectivity index (χ1v) is 8.12. The molecule has 2 rings (SSSR count). The number of carbonyl (C=O) groups is 3. The van der Waals surface area contributed by atoms with Crippen LogP contribution in [0.5, 0.6) is 0 Å². The molecule has 0 bridgehead atoms. The zero-order valence-electron chi connectivity index (χ0n) is 14.4. The van der Waals surface area contributed by atoms with Crippen molar-refractivity contribution in [3.05, 3.63) is 23.8 Å². The lowest BCUT2D eigenvalue weighted by Gasteiger charge is -2.34. The quantitative estimate of drug-likeness (QED) is 0.857. The van der Waals surface area contributed by atoms with Crippen molar-refractivity contribution < 1.29 is 27.6 Å². The van der Waals surface area contributed by atoms with Crippen LogP contribution in [0.3, 0.4) is 0 Å². The summed E-state index contributed by atoms with van der Waals surface area (Å²) in [4.78, 5) is 36.4. The molecule has 2 N–H and O–H groups in total. The average Bonchev–Trinajstić information content (AvgIpc) is 2.52. The minimum atomic E-state index is -4.35. The van der Waals surface area contributed by atoms with Crippen LogP contribution in [-0.4, -0.2) is 41.9 Å². The number of likely N-dealkylation sites (tertiary alicyclic amines) is 1. The fraction of sp³-hybridized carbons (Fsp3) is 0.471. The monoisotopic (exact) mass is 371 g/mol. The third-order valence-corrected chi connectivity index (χ3v) is 3.99. The van der Waals surface area contributed by atoms with Gasteiger partial charge in [-0.1, -0.05) is 0 Å². The van der Waals surface area contributed by atoms with Crippen LogP contribution in [-0.2, 0) is 9.59 Å². The number of benzene rings is 1. The first-order valence-electron chi connectivity index (χ1n) is 8.12. The van der Waals surface area contributed by atoms with E-state index in [1.54, 1.807) is 0 Å². The van der Waals surface area contributed by atoms with E-state index >= 15 is 0 Å². The van der Waals surface area contributed by atoms with Crippen LogP contribution in [0.2, 0.25) is 0 Å². The third-order valence-electron chi connectivity index (χ3n) is 3.99. The fourth-order valence-corrected chi connectivity index (χ4v) is 2.91. The van der Waals surface area contributed by atoms with Crippen molar-refractivity contribution in [2.45, 2.75) is 32.9 Å². The van der Waals surface area contributed by atoms with Gasteiger partial charge in [0.1, 0.15) is 0 Å². The molecule has 1 aliphatic heterocycles. The van der Waals surface area contributed by atoms with Gasteiger partial charge in [-0.3, -0.25) is 14.4 Å². The molecule has 1 fully saturated rings. The summed E-state index contributed by atoms with van der Waals surface area (Å²) < 4.78 is 38.9. The molecule has 1 aromatic rings. The van der Waals surface area contributed by atoms with Crippen LogP contribution >= 0.6 is 0 Å². The SMILES string of the molecule is CC(=O)Nc1cc(NC(C)=O)cc(C(=O)N2CCCC(C(F)(F)F)C2)c1. The summed E-state index contributed by atoms with van der Waals surface area (Å²) in [5, 5.41) is 5.02. The number of carbonyl (C=O) groups excluding carboxylic acids is 3. The number of nitrogens with zero attached hydrogens (tertiary/aromatic N) is 1. The highest BCUT2D eigenvalue weighted by molar-refractivity contribution is 6.00. The summed E-state index contributed by atoms with van der Waals surface area (Å²) in [6.45, 7) is 2.39. The lowest BCUT2D eigenvalue weighted by molar-refractivity contribution is -0.184. The second-order valence-corrected chi connectivity index (χ2v) is 6.29. The molecule has 1 aromatic carbocycles. The Kier molecular flexibility index (Phi) is 5.89. The standard InChI is InChI=1S/C17H20F3N3O3/c1-10(24)21-14-6-12(7-15(8-14)22-11(2)25)16(26)23-5-3-4-13(9-23)17(18,19)20/h6-8,13H,3-5,9H2,1-2H3,(H,21,24)(H,22,25). The minimum absolute atomic E-state index is 0.00362. The van der Waals surface area contributed by atoms with Crippen molar-refractivity contribution in [3.8, 4) is 0 Å². The normalized spacial score (nSPS) is 17.6. The maximum atomic E-state index is 13.0. The molecule has 0 saturated carbocycles. The first kappa shape index (κ1) is 19.7. The number of rotatable bonds is 3. The van der Waals surface area contributed by atoms with Crippen molar-refractivity contribution in [1.29, 1.82) is 0 Å². The van der Waals surface area contributed by atoms with E-state index in [4.69, 9.17) is 0 Å². The van der Waals surface area contributed by atoms with E-state index in [2.05, 4.69) is 10.6 Å². The highest BCUT2D eigenvalue weighted by Gasteiger charge is 2.42. The van der Waals surface area contributed by atoms with Gasteiger partial charge >= 0.3 is 6.18 Å². The van der Waals surface area contributed by atoms with E-state index in [-0.39, 0.29) is 48.1 Å². The first-order chi connectivity index (χ1) is 12.1. The van der Waals surface area contributed by atoms with Gasteiger partial charge in [-0.25, -0.2) is 0 Å². The second-order valence-electron chi connectivity index (χ2n) is 6.29. The molecule has 26 heavy (non-hydrogen) atoms. The fourth-order valence-electron chi connectivity index (χ4n) is 2.91. The van der Waals surface area contributed by atoms with E-state index in [1.807, 2.05) is 0 Å². The summed E-state index contributed by atoms with van der Waals surface area (Å²) in [6.07, 6.45) is -4.09. The molecule has 0 radical (unpaired) electrons. The van der Waals surface area contributed by atoms with E-state index in [0.717, 1.165) is 4.90 Å². The molecule has 1 heterocycles. The summed E-state index contributed by atoms with van der Waals surface area (Å²) in [5.74, 6) is -2.87. The molecule has 1 unspecified atom stereocenters. The molecular formula is C17H20F3N3O3. The van der Waals surface area contributed by atoms with E-state index in [1.165, 1.54) is 32.0 Å². The van der Waals surface area contributed by atoms with Gasteiger partial charge in [0.2, 0.25) is 11.8 Å². The Hall–Kier alpha value is -2.58. The van der Waals surface area contributed by atoms with Crippen LogP contribution in [0.4, 0.5) is 24.5 Å². The zero-order chi connectivity index (χ0) is 19.5. The van der Waals surface area contributed by atoms with E-state index in [9.17, 15) is 27.6 Å². The number of nitrogens with one attached hydrogen (secondary N) is 2. The Morgan fingerprint density at radius 1 is 1.04 bits per heavy atom. The molecular weight excluding hydrogens is 351 g/mol. The zero-order valence-corrected chi connectivity index (χ0v) is 14.4. The van der Waals surface area contributed by atoms with Gasteiger partial charge in [0.25, 0.3) is 5.91 Å². The van der Waals surface area contributed by atoms with Gasteiger partial charge in [-0.15, -0.1) is 0 Å². The largest absolute Gasteiger partial charge is 0.393 e. The number of halogens is 3. The number of alkyl halides is 3. The van der Waals surface area contributed by atoms with Gasteiger partial charge in [0, 0.05) is 43.9 Å². The van der Waals surface area contributed by atoms with Crippen LogP contribution in [0.1, 0.15) is 37.0 Å². The molecule has 0 spiro atoms. The summed E-state index contributed by atoms with van der Waals surface area (Å²) in [6, 6.07) is 4.23. The second kappa shape index (κ2) is 7.76. The van der Waals surface area contributed by atoms with Crippen molar-refractivity contribution in [3.63, 3.8) is 0 Å². The Morgan fingerprint density at radius 3 is 2.04 bits per heavy atom. The Morgan fingerprint density at radius 2 is 1.58 bits per heavy atom. The molecule has 3 amide bonds. The maximum absolute atomic E-state index is 13.0. The number of hydrogen-bond donors (Lipinski definition) is 2.